The van der Waals surface area contributed by atoms with Crippen LogP contribution >= 0.6 is 15.9 Å². The fraction of sp³-hybridized carbons (Fsp3) is 0.0833. The molecule has 76 valence electrons. The van der Waals surface area contributed by atoms with Crippen LogP contribution in [0.5, 0.6) is 0 Å². The van der Waals surface area contributed by atoms with E-state index in [4.69, 9.17) is 0 Å². The average molecular weight is 263 g/mol. The van der Waals surface area contributed by atoms with Crippen LogP contribution in [0, 0.1) is 0 Å². The minimum Gasteiger partial charge on any atom is -0.360 e. The molecule has 1 heterocycles. The van der Waals surface area contributed by atoms with Crippen LogP contribution in [0.15, 0.2) is 52.1 Å². The van der Waals surface area contributed by atoms with E-state index in [1.807, 2.05) is 36.7 Å². The number of nitrogens with zero attached hydrogens (tertiary/aromatic N) is 1. The summed E-state index contributed by atoms with van der Waals surface area (Å²) in [5, 5.41) is 0. The number of benzene rings is 1. The summed E-state index contributed by atoms with van der Waals surface area (Å²) in [5.74, 6) is 0. The van der Waals surface area contributed by atoms with Gasteiger partial charge in [-0.3, -0.25) is 4.99 Å². The lowest BCUT2D eigenvalue weighted by molar-refractivity contribution is 1.07. The molecule has 0 aliphatic rings. The second kappa shape index (κ2) is 4.94. The predicted octanol–water partition coefficient (Wildman–Crippen LogP) is 3.40. The Morgan fingerprint density at radius 2 is 2.00 bits per heavy atom. The van der Waals surface area contributed by atoms with Crippen molar-refractivity contribution in [3.05, 3.63) is 58.3 Å². The van der Waals surface area contributed by atoms with E-state index in [2.05, 4.69) is 38.0 Å². The molecule has 15 heavy (non-hydrogen) atoms. The quantitative estimate of drug-likeness (QED) is 0.822. The molecule has 0 aliphatic heterocycles. The first kappa shape index (κ1) is 10.2. The molecule has 3 heteroatoms. The topological polar surface area (TPSA) is 28.1 Å². The normalized spacial score (nSPS) is 11.0. The van der Waals surface area contributed by atoms with Gasteiger partial charge in [0.25, 0.3) is 0 Å². The molecule has 0 saturated carbocycles. The summed E-state index contributed by atoms with van der Waals surface area (Å²) in [6, 6.07) is 12.1. The van der Waals surface area contributed by atoms with Gasteiger partial charge in [0.1, 0.15) is 0 Å². The Bertz CT molecular complexity index is 429. The summed E-state index contributed by atoms with van der Waals surface area (Å²) < 4.78 is 1.10. The maximum absolute atomic E-state index is 4.34. The van der Waals surface area contributed by atoms with Gasteiger partial charge < -0.3 is 4.98 Å². The molecule has 2 rings (SSSR count). The first-order chi connectivity index (χ1) is 7.34. The smallest absolute Gasteiger partial charge is 0.0640 e. The molecule has 1 aromatic carbocycles. The third-order valence-corrected chi connectivity index (χ3v) is 2.57. The zero-order chi connectivity index (χ0) is 10.5. The van der Waals surface area contributed by atoms with E-state index in [1.165, 1.54) is 5.56 Å². The van der Waals surface area contributed by atoms with Gasteiger partial charge in [-0.05, 0) is 29.8 Å². The van der Waals surface area contributed by atoms with Gasteiger partial charge in [0.05, 0.1) is 12.2 Å². The number of nitrogens with one attached hydrogen (secondary N) is 1. The predicted molar refractivity (Wildman–Crippen MR) is 66.2 cm³/mol. The van der Waals surface area contributed by atoms with Crippen molar-refractivity contribution in [2.45, 2.75) is 6.54 Å². The van der Waals surface area contributed by atoms with Gasteiger partial charge in [-0.25, -0.2) is 0 Å². The summed E-state index contributed by atoms with van der Waals surface area (Å²) >= 11 is 3.40. The van der Waals surface area contributed by atoms with E-state index in [0.29, 0.717) is 6.54 Å². The highest BCUT2D eigenvalue weighted by Gasteiger charge is 1.90. The van der Waals surface area contributed by atoms with E-state index in [-0.39, 0.29) is 0 Å². The summed E-state index contributed by atoms with van der Waals surface area (Å²) in [7, 11) is 0. The summed E-state index contributed by atoms with van der Waals surface area (Å²) in [6.07, 6.45) is 3.74. The van der Waals surface area contributed by atoms with Crippen LogP contribution in [-0.4, -0.2) is 11.2 Å². The number of hydrogen-bond donors (Lipinski definition) is 1. The van der Waals surface area contributed by atoms with E-state index >= 15 is 0 Å². The third kappa shape index (κ3) is 3.06. The highest BCUT2D eigenvalue weighted by molar-refractivity contribution is 9.10. The average Bonchev–Trinajstić information content (AvgIpc) is 2.74. The molecule has 0 saturated heterocycles. The molecule has 0 atom stereocenters. The van der Waals surface area contributed by atoms with Crippen molar-refractivity contribution in [3.63, 3.8) is 0 Å². The number of halogens is 1. The van der Waals surface area contributed by atoms with Crippen molar-refractivity contribution in [3.8, 4) is 0 Å². The Hall–Kier alpha value is -1.35. The SMILES string of the molecule is Brc1ccc(CN=Cc2ccc[nH]2)cc1. The van der Waals surface area contributed by atoms with Crippen LogP contribution in [0.2, 0.25) is 0 Å². The van der Waals surface area contributed by atoms with Gasteiger partial charge in [-0.2, -0.15) is 0 Å². The van der Waals surface area contributed by atoms with Crippen LogP contribution in [0.4, 0.5) is 0 Å². The Kier molecular flexibility index (Phi) is 3.35. The molecule has 0 amide bonds. The first-order valence-electron chi connectivity index (χ1n) is 4.72. The molecule has 2 aromatic rings. The minimum absolute atomic E-state index is 0.715. The second-order valence-electron chi connectivity index (χ2n) is 3.22. The first-order valence-corrected chi connectivity index (χ1v) is 5.51. The Morgan fingerprint density at radius 3 is 2.67 bits per heavy atom. The summed E-state index contributed by atoms with van der Waals surface area (Å²) in [5.41, 5.74) is 2.24. The van der Waals surface area contributed by atoms with Crippen molar-refractivity contribution >= 4 is 22.1 Å². The lowest BCUT2D eigenvalue weighted by Crippen LogP contribution is -1.84. The van der Waals surface area contributed by atoms with E-state index in [1.54, 1.807) is 0 Å². The molecule has 1 aromatic heterocycles. The lowest BCUT2D eigenvalue weighted by Gasteiger charge is -1.95. The monoisotopic (exact) mass is 262 g/mol. The number of aliphatic imine (C=N–C) groups is 1. The largest absolute Gasteiger partial charge is 0.360 e. The van der Waals surface area contributed by atoms with E-state index < -0.39 is 0 Å². The van der Waals surface area contributed by atoms with E-state index in [0.717, 1.165) is 10.2 Å². The van der Waals surface area contributed by atoms with Gasteiger partial charge in [0.2, 0.25) is 0 Å². The molecule has 0 spiro atoms. The highest BCUT2D eigenvalue weighted by Crippen LogP contribution is 2.10. The third-order valence-electron chi connectivity index (χ3n) is 2.04. The van der Waals surface area contributed by atoms with Crippen LogP contribution < -0.4 is 0 Å². The number of aromatic amines is 1. The number of rotatable bonds is 3. The molecular weight excluding hydrogens is 252 g/mol. The Morgan fingerprint density at radius 1 is 1.20 bits per heavy atom. The van der Waals surface area contributed by atoms with Crippen molar-refractivity contribution in [2.24, 2.45) is 4.99 Å². The maximum atomic E-state index is 4.34. The zero-order valence-electron chi connectivity index (χ0n) is 8.15. The summed E-state index contributed by atoms with van der Waals surface area (Å²) in [4.78, 5) is 7.42. The van der Waals surface area contributed by atoms with Crippen molar-refractivity contribution in [1.82, 2.24) is 4.98 Å². The lowest BCUT2D eigenvalue weighted by atomic mass is 10.2. The number of H-pyrrole nitrogens is 1. The van der Waals surface area contributed by atoms with Gasteiger partial charge in [-0.15, -0.1) is 0 Å². The molecule has 1 N–H and O–H groups in total. The maximum Gasteiger partial charge on any atom is 0.0640 e. The van der Waals surface area contributed by atoms with Crippen LogP contribution in [0.3, 0.4) is 0 Å². The van der Waals surface area contributed by atoms with Crippen LogP contribution in [-0.2, 0) is 6.54 Å². The van der Waals surface area contributed by atoms with Crippen molar-refractivity contribution in [1.29, 1.82) is 0 Å². The fourth-order valence-corrected chi connectivity index (χ4v) is 1.53. The van der Waals surface area contributed by atoms with Gasteiger partial charge in [0, 0.05) is 16.9 Å². The molecule has 0 bridgehead atoms. The summed E-state index contributed by atoms with van der Waals surface area (Å²) in [6.45, 7) is 0.715. The molecular formula is C12H11BrN2. The Balaban J connectivity index is 1.96. The van der Waals surface area contributed by atoms with Crippen molar-refractivity contribution in [2.75, 3.05) is 0 Å². The van der Waals surface area contributed by atoms with Gasteiger partial charge >= 0.3 is 0 Å². The standard InChI is InChI=1S/C12H11BrN2/c13-11-5-3-10(4-6-11)8-14-9-12-2-1-7-15-12/h1-7,9,15H,8H2. The molecule has 0 radical (unpaired) electrons. The Labute approximate surface area is 97.2 Å². The molecule has 0 aliphatic carbocycles. The highest BCUT2D eigenvalue weighted by atomic mass is 79.9. The van der Waals surface area contributed by atoms with Crippen LogP contribution in [0.25, 0.3) is 0 Å². The molecule has 0 unspecified atom stereocenters. The number of aromatic nitrogens is 1. The van der Waals surface area contributed by atoms with E-state index in [9.17, 15) is 0 Å². The van der Waals surface area contributed by atoms with Crippen molar-refractivity contribution < 1.29 is 0 Å². The fourth-order valence-electron chi connectivity index (χ4n) is 1.26. The molecule has 2 nitrogen and oxygen atoms in total. The molecule has 0 fully saturated rings. The van der Waals surface area contributed by atoms with Crippen LogP contribution in [0.1, 0.15) is 11.3 Å². The van der Waals surface area contributed by atoms with Gasteiger partial charge in [-0.1, -0.05) is 28.1 Å². The van der Waals surface area contributed by atoms with Gasteiger partial charge in [0.15, 0.2) is 0 Å². The number of hydrogen-bond acceptors (Lipinski definition) is 1. The second-order valence-corrected chi connectivity index (χ2v) is 4.14. The zero-order valence-corrected chi connectivity index (χ0v) is 9.74. The minimum atomic E-state index is 0.715.